The van der Waals surface area contributed by atoms with Crippen molar-refractivity contribution in [2.24, 2.45) is 0 Å². The molecule has 0 unspecified atom stereocenters. The van der Waals surface area contributed by atoms with Crippen LogP contribution < -0.4 is 4.90 Å². The first-order valence-corrected chi connectivity index (χ1v) is 5.97. The molecule has 2 nitrogen and oxygen atoms in total. The average molecular weight is 300 g/mol. The van der Waals surface area contributed by atoms with E-state index in [0.717, 1.165) is 12.1 Å². The number of halogens is 4. The molecule has 0 spiro atoms. The zero-order valence-electron chi connectivity index (χ0n) is 10.1. The second kappa shape index (κ2) is 5.54. The molecule has 0 saturated carbocycles. The largest absolute Gasteiger partial charge is 0.416 e. The third-order valence-electron chi connectivity index (χ3n) is 2.69. The van der Waals surface area contributed by atoms with Crippen molar-refractivity contribution in [3.05, 3.63) is 59.1 Å². The van der Waals surface area contributed by atoms with Crippen molar-refractivity contribution in [3.63, 3.8) is 0 Å². The Kier molecular flexibility index (Phi) is 3.99. The number of amides is 1. The first-order chi connectivity index (χ1) is 9.43. The van der Waals surface area contributed by atoms with Gasteiger partial charge in [0.2, 0.25) is 6.41 Å². The molecule has 2 aromatic rings. The number of nitrogens with zero attached hydrogens (tertiary/aromatic N) is 1. The van der Waals surface area contributed by atoms with Gasteiger partial charge >= 0.3 is 6.18 Å². The summed E-state index contributed by atoms with van der Waals surface area (Å²) >= 11 is 5.97. The van der Waals surface area contributed by atoms with Gasteiger partial charge in [0.15, 0.2) is 0 Å². The third kappa shape index (κ3) is 2.93. The summed E-state index contributed by atoms with van der Waals surface area (Å²) in [5.74, 6) is 0. The third-order valence-corrected chi connectivity index (χ3v) is 3.01. The smallest absolute Gasteiger partial charge is 0.282 e. The van der Waals surface area contributed by atoms with Crippen LogP contribution in [0.15, 0.2) is 48.5 Å². The van der Waals surface area contributed by atoms with Crippen LogP contribution in [0.5, 0.6) is 0 Å². The Balaban J connectivity index is 2.39. The van der Waals surface area contributed by atoms with Crippen LogP contribution in [0.1, 0.15) is 5.56 Å². The Morgan fingerprint density at radius 2 is 1.60 bits per heavy atom. The molecular weight excluding hydrogens is 291 g/mol. The van der Waals surface area contributed by atoms with E-state index in [0.29, 0.717) is 22.8 Å². The van der Waals surface area contributed by atoms with Gasteiger partial charge in [-0.15, -0.1) is 0 Å². The van der Waals surface area contributed by atoms with Crippen molar-refractivity contribution in [1.29, 1.82) is 0 Å². The van der Waals surface area contributed by atoms with Gasteiger partial charge in [-0.3, -0.25) is 9.69 Å². The minimum atomic E-state index is -4.41. The molecule has 0 aromatic heterocycles. The van der Waals surface area contributed by atoms with Gasteiger partial charge in [0.1, 0.15) is 0 Å². The number of hydrogen-bond acceptors (Lipinski definition) is 1. The van der Waals surface area contributed by atoms with Crippen LogP contribution in [0.3, 0.4) is 0 Å². The van der Waals surface area contributed by atoms with Gasteiger partial charge in [-0.25, -0.2) is 0 Å². The number of rotatable bonds is 3. The van der Waals surface area contributed by atoms with Crippen molar-refractivity contribution in [1.82, 2.24) is 0 Å². The number of hydrogen-bond donors (Lipinski definition) is 0. The maximum atomic E-state index is 12.5. The van der Waals surface area contributed by atoms with E-state index < -0.39 is 11.7 Å². The Labute approximate surface area is 118 Å². The molecule has 0 aliphatic carbocycles. The molecule has 2 rings (SSSR count). The molecule has 0 N–H and O–H groups in total. The molecule has 20 heavy (non-hydrogen) atoms. The lowest BCUT2D eigenvalue weighted by Crippen LogP contribution is -2.15. The Morgan fingerprint density at radius 3 is 2.10 bits per heavy atom. The van der Waals surface area contributed by atoms with E-state index in [1.54, 1.807) is 24.3 Å². The van der Waals surface area contributed by atoms with Crippen molar-refractivity contribution in [2.45, 2.75) is 6.18 Å². The first-order valence-electron chi connectivity index (χ1n) is 5.60. The van der Waals surface area contributed by atoms with Crippen molar-refractivity contribution >= 4 is 29.4 Å². The van der Waals surface area contributed by atoms with Crippen LogP contribution in [0.4, 0.5) is 24.5 Å². The summed E-state index contributed by atoms with van der Waals surface area (Å²) in [5.41, 5.74) is -0.0590. The minimum absolute atomic E-state index is 0.307. The van der Waals surface area contributed by atoms with Gasteiger partial charge in [0, 0.05) is 5.69 Å². The van der Waals surface area contributed by atoms with Crippen molar-refractivity contribution < 1.29 is 18.0 Å². The number of para-hydroxylation sites is 1. The number of benzene rings is 2. The highest BCUT2D eigenvalue weighted by Crippen LogP contribution is 2.33. The quantitative estimate of drug-likeness (QED) is 0.755. The highest BCUT2D eigenvalue weighted by atomic mass is 35.5. The predicted molar refractivity (Wildman–Crippen MR) is 71.1 cm³/mol. The topological polar surface area (TPSA) is 20.3 Å². The fourth-order valence-electron chi connectivity index (χ4n) is 1.71. The first kappa shape index (κ1) is 14.4. The molecule has 0 heterocycles. The molecule has 0 radical (unpaired) electrons. The molecule has 0 fully saturated rings. The number of alkyl halides is 3. The lowest BCUT2D eigenvalue weighted by Gasteiger charge is -2.19. The van der Waals surface area contributed by atoms with E-state index in [4.69, 9.17) is 11.6 Å². The van der Waals surface area contributed by atoms with Gasteiger partial charge in [-0.1, -0.05) is 23.7 Å². The van der Waals surface area contributed by atoms with E-state index in [2.05, 4.69) is 0 Å². The van der Waals surface area contributed by atoms with E-state index in [9.17, 15) is 18.0 Å². The van der Waals surface area contributed by atoms with E-state index >= 15 is 0 Å². The van der Waals surface area contributed by atoms with Crippen LogP contribution in [0.25, 0.3) is 0 Å². The molecule has 2 aromatic carbocycles. The molecule has 104 valence electrons. The van der Waals surface area contributed by atoms with Crippen molar-refractivity contribution in [3.8, 4) is 0 Å². The Hall–Kier alpha value is -2.01. The standard InChI is InChI=1S/C14H9ClF3NO/c15-12-3-1-2-4-13(12)19(9-20)11-7-5-10(6-8-11)14(16,17)18/h1-9H. The number of carbonyl (C=O) groups excluding carboxylic acids is 1. The van der Waals surface area contributed by atoms with E-state index in [-0.39, 0.29) is 0 Å². The molecular formula is C14H9ClF3NO. The maximum absolute atomic E-state index is 12.5. The molecule has 0 atom stereocenters. The summed E-state index contributed by atoms with van der Waals surface area (Å²) < 4.78 is 37.5. The molecule has 1 amide bonds. The van der Waals surface area contributed by atoms with Crippen LogP contribution >= 0.6 is 11.6 Å². The summed E-state index contributed by atoms with van der Waals surface area (Å²) in [5, 5.41) is 0.333. The summed E-state index contributed by atoms with van der Waals surface area (Å²) in [6.45, 7) is 0. The molecule has 0 saturated heterocycles. The fraction of sp³-hybridized carbons (Fsp3) is 0.0714. The molecule has 0 aliphatic heterocycles. The minimum Gasteiger partial charge on any atom is -0.282 e. The van der Waals surface area contributed by atoms with Gasteiger partial charge in [-0.05, 0) is 36.4 Å². The second-order valence-corrected chi connectivity index (χ2v) is 4.38. The van der Waals surface area contributed by atoms with Gasteiger partial charge in [0.05, 0.1) is 16.3 Å². The van der Waals surface area contributed by atoms with Gasteiger partial charge < -0.3 is 0 Å². The van der Waals surface area contributed by atoms with Crippen molar-refractivity contribution in [2.75, 3.05) is 4.90 Å². The Morgan fingerprint density at radius 1 is 1.00 bits per heavy atom. The highest BCUT2D eigenvalue weighted by molar-refractivity contribution is 6.33. The van der Waals surface area contributed by atoms with Crippen LogP contribution in [0.2, 0.25) is 5.02 Å². The normalized spacial score (nSPS) is 11.2. The van der Waals surface area contributed by atoms with Gasteiger partial charge in [-0.2, -0.15) is 13.2 Å². The monoisotopic (exact) mass is 299 g/mol. The van der Waals surface area contributed by atoms with Crippen LogP contribution in [-0.4, -0.2) is 6.41 Å². The Bertz CT molecular complexity index is 611. The lowest BCUT2D eigenvalue weighted by molar-refractivity contribution is -0.137. The summed E-state index contributed by atoms with van der Waals surface area (Å²) in [6, 6.07) is 10.9. The van der Waals surface area contributed by atoms with E-state index in [1.807, 2.05) is 0 Å². The fourth-order valence-corrected chi connectivity index (χ4v) is 1.94. The van der Waals surface area contributed by atoms with Crippen LogP contribution in [-0.2, 0) is 11.0 Å². The average Bonchev–Trinajstić information content (AvgIpc) is 2.41. The number of carbonyl (C=O) groups is 1. The zero-order valence-corrected chi connectivity index (χ0v) is 10.8. The van der Waals surface area contributed by atoms with Crippen LogP contribution in [0, 0.1) is 0 Å². The van der Waals surface area contributed by atoms with Gasteiger partial charge in [0.25, 0.3) is 0 Å². The summed E-state index contributed by atoms with van der Waals surface area (Å²) in [7, 11) is 0. The second-order valence-electron chi connectivity index (χ2n) is 3.97. The lowest BCUT2D eigenvalue weighted by atomic mass is 10.2. The number of anilines is 2. The highest BCUT2D eigenvalue weighted by Gasteiger charge is 2.30. The maximum Gasteiger partial charge on any atom is 0.416 e. The van der Waals surface area contributed by atoms with E-state index in [1.165, 1.54) is 17.0 Å². The summed E-state index contributed by atoms with van der Waals surface area (Å²) in [6.07, 6.45) is -3.90. The molecule has 6 heteroatoms. The summed E-state index contributed by atoms with van der Waals surface area (Å²) in [4.78, 5) is 12.4. The molecule has 0 bridgehead atoms. The molecule has 0 aliphatic rings. The SMILES string of the molecule is O=CN(c1ccc(C(F)(F)F)cc1)c1ccccc1Cl. The predicted octanol–water partition coefficient (Wildman–Crippen LogP) is 4.65. The zero-order chi connectivity index (χ0) is 14.8.